The van der Waals surface area contributed by atoms with Crippen LogP contribution in [0.25, 0.3) is 6.08 Å². The van der Waals surface area contributed by atoms with Crippen LogP contribution in [0.5, 0.6) is 0 Å². The standard InChI is InChI=1S/C20H29NO5/c1-2-3-4-5-6-7-12-24-16-26-20-14-18(15-25-20)13-17-8-10-19(11-9-17)21(22)23/h8-11,13,20H,2-7,12,14-16H2,1H3/b18-13-/t20-/m0/s1. The molecule has 26 heavy (non-hydrogen) atoms. The molecule has 0 aliphatic carbocycles. The Hall–Kier alpha value is -1.76. The molecule has 2 rings (SSSR count). The van der Waals surface area contributed by atoms with Crippen LogP contribution in [0.1, 0.15) is 57.4 Å². The molecule has 1 aliphatic heterocycles. The van der Waals surface area contributed by atoms with Gasteiger partial charge in [-0.1, -0.05) is 45.1 Å². The van der Waals surface area contributed by atoms with Crippen LogP contribution in [0.15, 0.2) is 29.8 Å². The third-order valence-electron chi connectivity index (χ3n) is 4.34. The zero-order valence-corrected chi connectivity index (χ0v) is 15.5. The fourth-order valence-corrected chi connectivity index (χ4v) is 2.83. The molecule has 1 aromatic carbocycles. The lowest BCUT2D eigenvalue weighted by molar-refractivity contribution is -0.384. The van der Waals surface area contributed by atoms with Gasteiger partial charge in [-0.15, -0.1) is 0 Å². The fourth-order valence-electron chi connectivity index (χ4n) is 2.83. The van der Waals surface area contributed by atoms with Crippen LogP contribution < -0.4 is 0 Å². The van der Waals surface area contributed by atoms with Crippen molar-refractivity contribution in [2.75, 3.05) is 20.0 Å². The highest BCUT2D eigenvalue weighted by molar-refractivity contribution is 5.55. The van der Waals surface area contributed by atoms with E-state index in [0.717, 1.165) is 24.2 Å². The molecule has 6 nitrogen and oxygen atoms in total. The lowest BCUT2D eigenvalue weighted by atomic mass is 10.1. The number of ether oxygens (including phenoxy) is 3. The molecule has 0 amide bonds. The third kappa shape index (κ3) is 7.64. The van der Waals surface area contributed by atoms with Crippen molar-refractivity contribution in [2.45, 2.75) is 58.2 Å². The van der Waals surface area contributed by atoms with Gasteiger partial charge in [-0.25, -0.2) is 0 Å². The molecule has 0 saturated carbocycles. The lowest BCUT2D eigenvalue weighted by Gasteiger charge is -2.10. The number of nitro groups is 1. The van der Waals surface area contributed by atoms with Gasteiger partial charge in [0.1, 0.15) is 6.79 Å². The van der Waals surface area contributed by atoms with Crippen LogP contribution in [0.4, 0.5) is 5.69 Å². The topological polar surface area (TPSA) is 70.8 Å². The van der Waals surface area contributed by atoms with Crippen LogP contribution in [-0.2, 0) is 14.2 Å². The lowest BCUT2D eigenvalue weighted by Crippen LogP contribution is -2.13. The van der Waals surface area contributed by atoms with Crippen LogP contribution in [0.3, 0.4) is 0 Å². The van der Waals surface area contributed by atoms with Crippen LogP contribution >= 0.6 is 0 Å². The molecule has 1 saturated heterocycles. The Bertz CT molecular complexity index is 570. The van der Waals surface area contributed by atoms with E-state index in [1.165, 1.54) is 44.2 Å². The Labute approximate surface area is 155 Å². The van der Waals surface area contributed by atoms with E-state index in [-0.39, 0.29) is 18.8 Å². The molecule has 1 heterocycles. The second-order valence-corrected chi connectivity index (χ2v) is 6.56. The highest BCUT2D eigenvalue weighted by Crippen LogP contribution is 2.23. The zero-order valence-electron chi connectivity index (χ0n) is 15.5. The number of nitro benzene ring substituents is 1. The summed E-state index contributed by atoms with van der Waals surface area (Å²) >= 11 is 0. The first-order valence-corrected chi connectivity index (χ1v) is 9.44. The minimum atomic E-state index is -0.398. The molecule has 0 N–H and O–H groups in total. The minimum Gasteiger partial charge on any atom is -0.355 e. The number of hydrogen-bond acceptors (Lipinski definition) is 5. The number of hydrogen-bond donors (Lipinski definition) is 0. The van der Waals surface area contributed by atoms with Gasteiger partial charge in [0.2, 0.25) is 0 Å². The van der Waals surface area contributed by atoms with Gasteiger partial charge in [-0.05, 0) is 29.7 Å². The summed E-state index contributed by atoms with van der Waals surface area (Å²) in [5, 5.41) is 10.7. The Morgan fingerprint density at radius 2 is 1.92 bits per heavy atom. The summed E-state index contributed by atoms with van der Waals surface area (Å²) < 4.78 is 16.7. The Morgan fingerprint density at radius 1 is 1.19 bits per heavy atom. The molecule has 0 aromatic heterocycles. The molecule has 0 bridgehead atoms. The average molecular weight is 363 g/mol. The average Bonchev–Trinajstić information content (AvgIpc) is 3.08. The molecule has 1 aliphatic rings. The van der Waals surface area contributed by atoms with Gasteiger partial charge in [0, 0.05) is 25.2 Å². The summed E-state index contributed by atoms with van der Waals surface area (Å²) in [4.78, 5) is 10.3. The predicted molar refractivity (Wildman–Crippen MR) is 101 cm³/mol. The van der Waals surface area contributed by atoms with E-state index in [1.807, 2.05) is 6.08 Å². The first kappa shape index (κ1) is 20.6. The summed E-state index contributed by atoms with van der Waals surface area (Å²) in [6, 6.07) is 6.49. The first-order chi connectivity index (χ1) is 12.7. The van der Waals surface area contributed by atoms with Crippen molar-refractivity contribution in [1.82, 2.24) is 0 Å². The Kier molecular flexibility index (Phi) is 9.31. The smallest absolute Gasteiger partial charge is 0.269 e. The van der Waals surface area contributed by atoms with E-state index in [0.29, 0.717) is 13.0 Å². The molecule has 144 valence electrons. The van der Waals surface area contributed by atoms with E-state index in [4.69, 9.17) is 14.2 Å². The maximum atomic E-state index is 10.7. The van der Waals surface area contributed by atoms with Crippen LogP contribution in [-0.4, -0.2) is 31.2 Å². The minimum absolute atomic E-state index is 0.0959. The molecule has 1 aromatic rings. The molecule has 0 unspecified atom stereocenters. The van der Waals surface area contributed by atoms with Crippen molar-refractivity contribution in [2.24, 2.45) is 0 Å². The van der Waals surface area contributed by atoms with E-state index in [2.05, 4.69) is 6.92 Å². The largest absolute Gasteiger partial charge is 0.355 e. The zero-order chi connectivity index (χ0) is 18.6. The first-order valence-electron chi connectivity index (χ1n) is 9.44. The molecule has 0 radical (unpaired) electrons. The van der Waals surface area contributed by atoms with Crippen LogP contribution in [0, 0.1) is 10.1 Å². The molecular formula is C20H29NO5. The summed E-state index contributed by atoms with van der Waals surface area (Å²) in [7, 11) is 0. The summed E-state index contributed by atoms with van der Waals surface area (Å²) in [5.41, 5.74) is 2.13. The number of non-ortho nitro benzene ring substituents is 1. The maximum Gasteiger partial charge on any atom is 0.269 e. The normalized spacial score (nSPS) is 18.5. The van der Waals surface area contributed by atoms with Crippen molar-refractivity contribution in [3.05, 3.63) is 45.5 Å². The summed E-state index contributed by atoms with van der Waals surface area (Å²) in [6.45, 7) is 3.71. The van der Waals surface area contributed by atoms with Gasteiger partial charge in [0.15, 0.2) is 6.29 Å². The Morgan fingerprint density at radius 3 is 2.65 bits per heavy atom. The van der Waals surface area contributed by atoms with Crippen molar-refractivity contribution in [3.63, 3.8) is 0 Å². The molecular weight excluding hydrogens is 334 g/mol. The van der Waals surface area contributed by atoms with Gasteiger partial charge in [-0.3, -0.25) is 10.1 Å². The fraction of sp³-hybridized carbons (Fsp3) is 0.600. The van der Waals surface area contributed by atoms with E-state index in [9.17, 15) is 10.1 Å². The number of nitrogens with zero attached hydrogens (tertiary/aromatic N) is 1. The van der Waals surface area contributed by atoms with E-state index >= 15 is 0 Å². The molecule has 1 fully saturated rings. The Balaban J connectivity index is 1.59. The van der Waals surface area contributed by atoms with Crippen molar-refractivity contribution in [1.29, 1.82) is 0 Å². The highest BCUT2D eigenvalue weighted by Gasteiger charge is 2.20. The second kappa shape index (κ2) is 11.8. The van der Waals surface area contributed by atoms with Gasteiger partial charge >= 0.3 is 0 Å². The van der Waals surface area contributed by atoms with Gasteiger partial charge in [0.05, 0.1) is 11.5 Å². The number of rotatable bonds is 12. The monoisotopic (exact) mass is 363 g/mol. The molecule has 0 spiro atoms. The van der Waals surface area contributed by atoms with Gasteiger partial charge < -0.3 is 14.2 Å². The number of benzene rings is 1. The second-order valence-electron chi connectivity index (χ2n) is 6.56. The van der Waals surface area contributed by atoms with E-state index < -0.39 is 4.92 Å². The summed E-state index contributed by atoms with van der Waals surface area (Å²) in [5.74, 6) is 0. The maximum absolute atomic E-state index is 10.7. The van der Waals surface area contributed by atoms with Gasteiger partial charge in [-0.2, -0.15) is 0 Å². The van der Waals surface area contributed by atoms with Gasteiger partial charge in [0.25, 0.3) is 5.69 Å². The SMILES string of the molecule is CCCCCCCCOCO[C@H]1C/C(=C/c2ccc([N+](=O)[O-])cc2)CO1. The predicted octanol–water partition coefficient (Wildman–Crippen LogP) is 5.08. The highest BCUT2D eigenvalue weighted by atomic mass is 16.7. The quantitative estimate of drug-likeness (QED) is 0.224. The molecule has 6 heteroatoms. The van der Waals surface area contributed by atoms with Crippen molar-refractivity contribution < 1.29 is 19.1 Å². The summed E-state index contributed by atoms with van der Waals surface area (Å²) in [6.07, 6.45) is 9.87. The number of unbranched alkanes of at least 4 members (excludes halogenated alkanes) is 5. The van der Waals surface area contributed by atoms with Crippen molar-refractivity contribution in [3.8, 4) is 0 Å². The molecule has 1 atom stereocenters. The third-order valence-corrected chi connectivity index (χ3v) is 4.34. The van der Waals surface area contributed by atoms with Crippen LogP contribution in [0.2, 0.25) is 0 Å². The van der Waals surface area contributed by atoms with Crippen molar-refractivity contribution >= 4 is 11.8 Å². The van der Waals surface area contributed by atoms with E-state index in [1.54, 1.807) is 12.1 Å².